The smallest absolute Gasteiger partial charge is 0.0619 e. The molecule has 2 aromatic heterocycles. The molecule has 0 aliphatic carbocycles. The van der Waals surface area contributed by atoms with Gasteiger partial charge >= 0.3 is 0 Å². The van der Waals surface area contributed by atoms with E-state index in [4.69, 9.17) is 0 Å². The van der Waals surface area contributed by atoms with Crippen molar-refractivity contribution in [2.75, 3.05) is 5.32 Å². The summed E-state index contributed by atoms with van der Waals surface area (Å²) in [6.45, 7) is 0. The van der Waals surface area contributed by atoms with Crippen LogP contribution >= 0.6 is 11.3 Å². The van der Waals surface area contributed by atoms with Gasteiger partial charge in [0.2, 0.25) is 0 Å². The summed E-state index contributed by atoms with van der Waals surface area (Å²) in [4.78, 5) is 0. The zero-order valence-electron chi connectivity index (χ0n) is 23.3. The first kappa shape index (κ1) is 24.2. The third-order valence-electron chi connectivity index (χ3n) is 8.57. The summed E-state index contributed by atoms with van der Waals surface area (Å²) in [5, 5.41) is 11.4. The van der Waals surface area contributed by atoms with Gasteiger partial charge in [0.1, 0.15) is 0 Å². The lowest BCUT2D eigenvalue weighted by Gasteiger charge is -2.11. The van der Waals surface area contributed by atoms with Gasteiger partial charge in [0.15, 0.2) is 0 Å². The summed E-state index contributed by atoms with van der Waals surface area (Å²) >= 11 is 1.85. The Hall–Kier alpha value is -5.38. The largest absolute Gasteiger partial charge is 0.354 e. The van der Waals surface area contributed by atoms with Crippen LogP contribution < -0.4 is 5.32 Å². The number of benzene rings is 7. The van der Waals surface area contributed by atoms with Crippen molar-refractivity contribution in [2.24, 2.45) is 0 Å². The minimum absolute atomic E-state index is 1.08. The van der Waals surface area contributed by atoms with Crippen molar-refractivity contribution in [3.63, 3.8) is 0 Å². The molecule has 2 heterocycles. The van der Waals surface area contributed by atoms with Crippen LogP contribution in [0.3, 0.4) is 0 Å². The Labute approximate surface area is 253 Å². The van der Waals surface area contributed by atoms with Crippen LogP contribution in [0.4, 0.5) is 11.4 Å². The maximum Gasteiger partial charge on any atom is 0.0619 e. The summed E-state index contributed by atoms with van der Waals surface area (Å²) in [5.74, 6) is 0. The highest BCUT2D eigenvalue weighted by molar-refractivity contribution is 7.26. The average Bonchev–Trinajstić information content (AvgIpc) is 3.62. The number of para-hydroxylation sites is 1. The van der Waals surface area contributed by atoms with Crippen LogP contribution in [0.2, 0.25) is 0 Å². The predicted octanol–water partition coefficient (Wildman–Crippen LogP) is 11.7. The zero-order chi connectivity index (χ0) is 28.3. The quantitative estimate of drug-likeness (QED) is 0.224. The van der Waals surface area contributed by atoms with Crippen LogP contribution in [0.5, 0.6) is 0 Å². The predicted molar refractivity (Wildman–Crippen MR) is 186 cm³/mol. The van der Waals surface area contributed by atoms with Crippen molar-refractivity contribution in [3.8, 4) is 16.8 Å². The van der Waals surface area contributed by atoms with E-state index >= 15 is 0 Å². The van der Waals surface area contributed by atoms with Gasteiger partial charge in [-0.25, -0.2) is 0 Å². The van der Waals surface area contributed by atoms with Gasteiger partial charge in [-0.15, -0.1) is 11.3 Å². The molecule has 0 bridgehead atoms. The minimum Gasteiger partial charge on any atom is -0.354 e. The van der Waals surface area contributed by atoms with Gasteiger partial charge in [-0.1, -0.05) is 109 Å². The van der Waals surface area contributed by atoms with Gasteiger partial charge in [0.25, 0.3) is 0 Å². The molecular formula is C40H26N2S. The van der Waals surface area contributed by atoms with E-state index in [2.05, 4.69) is 162 Å². The molecule has 0 atom stereocenters. The van der Waals surface area contributed by atoms with Gasteiger partial charge in [0.05, 0.1) is 21.4 Å². The van der Waals surface area contributed by atoms with Gasteiger partial charge < -0.3 is 9.88 Å². The number of nitrogens with zero attached hydrogens (tertiary/aromatic N) is 1. The van der Waals surface area contributed by atoms with Crippen molar-refractivity contribution in [1.82, 2.24) is 4.57 Å². The molecule has 2 nitrogen and oxygen atoms in total. The second-order valence-electron chi connectivity index (χ2n) is 11.1. The SMILES string of the molecule is c1ccc(-n2c3cc(-c4ccc(Nc5cccc6c5sc5ccccc56)cc4)ccc3c3ccc4ccccc4c32)cc1. The molecule has 0 spiro atoms. The molecular weight excluding hydrogens is 541 g/mol. The molecule has 202 valence electrons. The second-order valence-corrected chi connectivity index (χ2v) is 12.1. The lowest BCUT2D eigenvalue weighted by atomic mass is 10.0. The van der Waals surface area contributed by atoms with Crippen molar-refractivity contribution < 1.29 is 0 Å². The first-order valence-electron chi connectivity index (χ1n) is 14.6. The summed E-state index contributed by atoms with van der Waals surface area (Å²) < 4.78 is 5.04. The Kier molecular flexibility index (Phi) is 5.40. The van der Waals surface area contributed by atoms with Crippen LogP contribution in [0, 0.1) is 0 Å². The van der Waals surface area contributed by atoms with Gasteiger partial charge in [-0.05, 0) is 59.0 Å². The molecule has 0 fully saturated rings. The number of hydrogen-bond acceptors (Lipinski definition) is 2. The maximum absolute atomic E-state index is 3.69. The van der Waals surface area contributed by atoms with Crippen molar-refractivity contribution in [1.29, 1.82) is 0 Å². The molecule has 1 N–H and O–H groups in total. The Morgan fingerprint density at radius 3 is 2.09 bits per heavy atom. The maximum atomic E-state index is 3.69. The van der Waals surface area contributed by atoms with E-state index in [9.17, 15) is 0 Å². The fraction of sp³-hybridized carbons (Fsp3) is 0. The Morgan fingerprint density at radius 2 is 1.21 bits per heavy atom. The molecule has 43 heavy (non-hydrogen) atoms. The number of thiophene rings is 1. The normalized spacial score (nSPS) is 11.7. The molecule has 0 aliphatic heterocycles. The van der Waals surface area contributed by atoms with Gasteiger partial charge in [-0.3, -0.25) is 0 Å². The monoisotopic (exact) mass is 566 g/mol. The average molecular weight is 567 g/mol. The van der Waals surface area contributed by atoms with E-state index in [-0.39, 0.29) is 0 Å². The molecule has 0 radical (unpaired) electrons. The van der Waals surface area contributed by atoms with Crippen molar-refractivity contribution in [3.05, 3.63) is 152 Å². The number of fused-ring (bicyclic) bond motifs is 8. The third-order valence-corrected chi connectivity index (χ3v) is 9.79. The number of anilines is 2. The van der Waals surface area contributed by atoms with E-state index in [0.717, 1.165) is 11.4 Å². The fourth-order valence-corrected chi connectivity index (χ4v) is 7.72. The molecule has 0 unspecified atom stereocenters. The highest BCUT2D eigenvalue weighted by Crippen LogP contribution is 2.40. The van der Waals surface area contributed by atoms with Gasteiger partial charge in [0, 0.05) is 43.0 Å². The Morgan fingerprint density at radius 1 is 0.488 bits per heavy atom. The minimum atomic E-state index is 1.08. The van der Waals surface area contributed by atoms with Crippen LogP contribution in [-0.4, -0.2) is 4.57 Å². The highest BCUT2D eigenvalue weighted by Gasteiger charge is 2.16. The van der Waals surface area contributed by atoms with E-state index < -0.39 is 0 Å². The van der Waals surface area contributed by atoms with Crippen LogP contribution in [0.25, 0.3) is 69.6 Å². The number of nitrogens with one attached hydrogen (secondary N) is 1. The summed E-state index contributed by atoms with van der Waals surface area (Å²) in [5.41, 5.74) is 8.27. The molecule has 0 aliphatic rings. The highest BCUT2D eigenvalue weighted by atomic mass is 32.1. The van der Waals surface area contributed by atoms with Crippen molar-refractivity contribution >= 4 is 75.5 Å². The first-order chi connectivity index (χ1) is 21.3. The van der Waals surface area contributed by atoms with Crippen molar-refractivity contribution in [2.45, 2.75) is 0 Å². The molecule has 9 rings (SSSR count). The van der Waals surface area contributed by atoms with E-state index in [0.29, 0.717) is 0 Å². The lowest BCUT2D eigenvalue weighted by molar-refractivity contribution is 1.19. The van der Waals surface area contributed by atoms with Gasteiger partial charge in [-0.2, -0.15) is 0 Å². The molecule has 7 aromatic carbocycles. The van der Waals surface area contributed by atoms with Crippen LogP contribution in [0.1, 0.15) is 0 Å². The van der Waals surface area contributed by atoms with Crippen LogP contribution in [-0.2, 0) is 0 Å². The molecule has 0 amide bonds. The standard InChI is InChI=1S/C40H26N2S/c1-2-10-30(11-3-1)42-37-25-28(20-23-32(37)34-24-19-27-9-4-5-12-31(27)39(34)42)26-17-21-29(22-18-26)41-36-15-8-14-35-33-13-6-7-16-38(33)43-40(35)36/h1-25,41H. The van der Waals surface area contributed by atoms with E-state index in [1.54, 1.807) is 0 Å². The topological polar surface area (TPSA) is 17.0 Å². The summed E-state index contributed by atoms with van der Waals surface area (Å²) in [6, 6.07) is 54.8. The van der Waals surface area contributed by atoms with E-state index in [1.165, 1.54) is 69.6 Å². The second kappa shape index (κ2) is 9.59. The number of rotatable bonds is 4. The molecule has 0 saturated heterocycles. The first-order valence-corrected chi connectivity index (χ1v) is 15.4. The third kappa shape index (κ3) is 3.86. The molecule has 9 aromatic rings. The Balaban J connectivity index is 1.15. The number of aromatic nitrogens is 1. The molecule has 3 heteroatoms. The fourth-order valence-electron chi connectivity index (χ4n) is 6.55. The zero-order valence-corrected chi connectivity index (χ0v) is 24.1. The Bertz CT molecular complexity index is 2470. The summed E-state index contributed by atoms with van der Waals surface area (Å²) in [6.07, 6.45) is 0. The van der Waals surface area contributed by atoms with Crippen LogP contribution in [0.15, 0.2) is 152 Å². The number of hydrogen-bond donors (Lipinski definition) is 1. The molecule has 0 saturated carbocycles. The van der Waals surface area contributed by atoms with E-state index in [1.807, 2.05) is 11.3 Å². The lowest BCUT2D eigenvalue weighted by Crippen LogP contribution is -1.94. The summed E-state index contributed by atoms with van der Waals surface area (Å²) in [7, 11) is 0.